The molecule has 0 radical (unpaired) electrons. The Morgan fingerprint density at radius 2 is 1.82 bits per heavy atom. The molecule has 6 nitrogen and oxygen atoms in total. The summed E-state index contributed by atoms with van der Waals surface area (Å²) in [4.78, 5) is 40.8. The number of hydrogen-bond acceptors (Lipinski definition) is 4. The van der Waals surface area contributed by atoms with Crippen molar-refractivity contribution in [2.75, 3.05) is 11.9 Å². The lowest BCUT2D eigenvalue weighted by Crippen LogP contribution is -2.40. The van der Waals surface area contributed by atoms with E-state index in [-0.39, 0.29) is 18.3 Å². The maximum Gasteiger partial charge on any atom is 0.392 e. The molecule has 44 heavy (non-hydrogen) atoms. The zero-order chi connectivity index (χ0) is 31.9. The Morgan fingerprint density at radius 3 is 2.43 bits per heavy atom. The molecule has 1 aliphatic heterocycles. The second-order valence-electron chi connectivity index (χ2n) is 13.4. The molecule has 1 N–H and O–H groups in total. The van der Waals surface area contributed by atoms with Crippen molar-refractivity contribution in [2.45, 2.75) is 71.7 Å². The molecule has 0 bridgehead atoms. The van der Waals surface area contributed by atoms with Gasteiger partial charge in [-0.15, -0.1) is 0 Å². The van der Waals surface area contributed by atoms with Crippen molar-refractivity contribution < 1.29 is 32.3 Å². The number of carbonyl (C=O) groups excluding carboxylic acids is 3. The number of nitrogens with zero attached hydrogens (tertiary/aromatic N) is 1. The largest absolute Gasteiger partial charge is 0.460 e. The van der Waals surface area contributed by atoms with Crippen molar-refractivity contribution in [2.24, 2.45) is 23.2 Å². The fraction of sp³-hybridized carbons (Fsp3) is 0.457. The van der Waals surface area contributed by atoms with Crippen LogP contribution in [0.5, 0.6) is 0 Å². The van der Waals surface area contributed by atoms with Crippen LogP contribution in [0, 0.1) is 23.2 Å². The van der Waals surface area contributed by atoms with Crippen molar-refractivity contribution in [3.05, 3.63) is 89.0 Å². The first-order valence-electron chi connectivity index (χ1n) is 15.1. The Balaban J connectivity index is 1.26. The lowest BCUT2D eigenvalue weighted by atomic mass is 9.77. The smallest absolute Gasteiger partial charge is 0.392 e. The SMILES string of the molecule is C[C@H]([C@H](C(=O)Nc1cccc(CC2(C(=O)OC(C)(C)C)CC2)c1)C1C=CC(CN2Cc3ccccc3C2=O)=CC1)C(F)(F)F. The molecule has 9 heteroatoms. The predicted octanol–water partition coefficient (Wildman–Crippen LogP) is 7.26. The highest BCUT2D eigenvalue weighted by molar-refractivity contribution is 5.98. The summed E-state index contributed by atoms with van der Waals surface area (Å²) < 4.78 is 47.7. The topological polar surface area (TPSA) is 75.7 Å². The quantitative estimate of drug-likeness (QED) is 0.304. The standard InChI is InChI=1S/C35H39F3N2O4/c1-22(35(36,37)38)29(25-14-12-23(13-15-25)20-40-21-26-9-5-6-11-28(26)31(40)42)30(41)39-27-10-7-8-24(18-27)19-34(16-17-34)32(43)44-33(2,3)4/h5-14,18,22,25,29H,15-17,19-21H2,1-4H3,(H,39,41)/t22-,25?,29+/m1/s1. The molecule has 1 saturated carbocycles. The van der Waals surface area contributed by atoms with Crippen molar-refractivity contribution in [1.82, 2.24) is 4.90 Å². The lowest BCUT2D eigenvalue weighted by Gasteiger charge is -2.32. The second-order valence-corrected chi connectivity index (χ2v) is 13.4. The summed E-state index contributed by atoms with van der Waals surface area (Å²) in [6.07, 6.45) is 2.75. The minimum atomic E-state index is -4.57. The van der Waals surface area contributed by atoms with Crippen LogP contribution in [0.1, 0.15) is 68.4 Å². The Morgan fingerprint density at radius 1 is 1.09 bits per heavy atom. The van der Waals surface area contributed by atoms with E-state index in [9.17, 15) is 27.6 Å². The molecule has 5 rings (SSSR count). The number of esters is 1. The van der Waals surface area contributed by atoms with Crippen molar-refractivity contribution in [1.29, 1.82) is 0 Å². The highest BCUT2D eigenvalue weighted by atomic mass is 19.4. The molecule has 0 saturated heterocycles. The first-order valence-corrected chi connectivity index (χ1v) is 15.1. The first-order chi connectivity index (χ1) is 20.6. The van der Waals surface area contributed by atoms with E-state index < -0.39 is 40.9 Å². The van der Waals surface area contributed by atoms with E-state index in [0.29, 0.717) is 43.6 Å². The van der Waals surface area contributed by atoms with Crippen LogP contribution < -0.4 is 5.32 Å². The Hall–Kier alpha value is -3.88. The van der Waals surface area contributed by atoms with E-state index in [4.69, 9.17) is 4.74 Å². The van der Waals surface area contributed by atoms with Crippen LogP contribution >= 0.6 is 0 Å². The van der Waals surface area contributed by atoms with Gasteiger partial charge < -0.3 is 15.0 Å². The van der Waals surface area contributed by atoms with Crippen LogP contribution in [-0.4, -0.2) is 41.0 Å². The van der Waals surface area contributed by atoms with Gasteiger partial charge in [-0.2, -0.15) is 13.2 Å². The molecular formula is C35H39F3N2O4. The Labute approximate surface area is 256 Å². The average Bonchev–Trinajstić information content (AvgIpc) is 3.66. The third-order valence-electron chi connectivity index (χ3n) is 8.72. The fourth-order valence-electron chi connectivity index (χ4n) is 6.09. The normalized spacial score (nSPS) is 20.4. The number of nitrogens with one attached hydrogen (secondary N) is 1. The summed E-state index contributed by atoms with van der Waals surface area (Å²) in [5, 5.41) is 2.73. The van der Waals surface area contributed by atoms with Crippen LogP contribution in [0.15, 0.2) is 72.3 Å². The van der Waals surface area contributed by atoms with Gasteiger partial charge in [0.25, 0.3) is 5.91 Å². The molecule has 234 valence electrons. The molecule has 2 aliphatic carbocycles. The van der Waals surface area contributed by atoms with E-state index in [1.54, 1.807) is 41.3 Å². The number of alkyl halides is 3. The minimum Gasteiger partial charge on any atom is -0.460 e. The molecule has 0 aromatic heterocycles. The van der Waals surface area contributed by atoms with Gasteiger partial charge in [0.15, 0.2) is 0 Å². The number of allylic oxidation sites excluding steroid dienone is 2. The van der Waals surface area contributed by atoms with E-state index >= 15 is 0 Å². The summed E-state index contributed by atoms with van der Waals surface area (Å²) in [7, 11) is 0. The van der Waals surface area contributed by atoms with Gasteiger partial charge in [0, 0.05) is 24.3 Å². The molecule has 1 fully saturated rings. The molecule has 1 heterocycles. The van der Waals surface area contributed by atoms with E-state index in [1.807, 2.05) is 51.1 Å². The number of fused-ring (bicyclic) bond motifs is 1. The third kappa shape index (κ3) is 7.08. The molecular weight excluding hydrogens is 569 g/mol. The zero-order valence-corrected chi connectivity index (χ0v) is 25.5. The number of amides is 2. The maximum absolute atomic E-state index is 14.0. The van der Waals surface area contributed by atoms with Gasteiger partial charge in [-0.25, -0.2) is 0 Å². The van der Waals surface area contributed by atoms with E-state index in [0.717, 1.165) is 23.6 Å². The van der Waals surface area contributed by atoms with Crippen molar-refractivity contribution >= 4 is 23.5 Å². The van der Waals surface area contributed by atoms with Crippen LogP contribution in [-0.2, 0) is 27.3 Å². The van der Waals surface area contributed by atoms with Crippen LogP contribution in [0.3, 0.4) is 0 Å². The van der Waals surface area contributed by atoms with Gasteiger partial charge in [0.1, 0.15) is 5.60 Å². The predicted molar refractivity (Wildman–Crippen MR) is 162 cm³/mol. The second kappa shape index (κ2) is 11.9. The van der Waals surface area contributed by atoms with Crippen LogP contribution in [0.25, 0.3) is 0 Å². The third-order valence-corrected chi connectivity index (χ3v) is 8.72. The summed E-state index contributed by atoms with van der Waals surface area (Å²) in [5.74, 6) is -4.95. The number of anilines is 1. The molecule has 1 unspecified atom stereocenters. The molecule has 3 atom stereocenters. The first kappa shape index (κ1) is 31.5. The Kier molecular flexibility index (Phi) is 8.53. The highest BCUT2D eigenvalue weighted by Gasteiger charge is 2.52. The monoisotopic (exact) mass is 608 g/mol. The molecule has 3 aliphatic rings. The number of carbonyl (C=O) groups is 3. The molecule has 2 amide bonds. The minimum absolute atomic E-state index is 0.0686. The number of hydrogen-bond donors (Lipinski definition) is 1. The van der Waals surface area contributed by atoms with E-state index in [1.165, 1.54) is 0 Å². The van der Waals surface area contributed by atoms with Crippen LogP contribution in [0.2, 0.25) is 0 Å². The molecule has 2 aromatic carbocycles. The number of rotatable bonds is 9. The van der Waals surface area contributed by atoms with Crippen molar-refractivity contribution in [3.63, 3.8) is 0 Å². The summed E-state index contributed by atoms with van der Waals surface area (Å²) in [5.41, 5.74) is 2.42. The zero-order valence-electron chi connectivity index (χ0n) is 25.5. The number of benzene rings is 2. The highest BCUT2D eigenvalue weighted by Crippen LogP contribution is 2.50. The fourth-order valence-corrected chi connectivity index (χ4v) is 6.09. The summed E-state index contributed by atoms with van der Waals surface area (Å²) in [6, 6.07) is 14.3. The number of ether oxygens (including phenoxy) is 1. The van der Waals surface area contributed by atoms with Gasteiger partial charge >= 0.3 is 12.1 Å². The number of halogens is 3. The van der Waals surface area contributed by atoms with Gasteiger partial charge in [0.2, 0.25) is 5.91 Å². The summed E-state index contributed by atoms with van der Waals surface area (Å²) in [6.45, 7) is 7.34. The lowest BCUT2D eigenvalue weighted by molar-refractivity contribution is -0.188. The van der Waals surface area contributed by atoms with Gasteiger partial charge in [-0.3, -0.25) is 14.4 Å². The van der Waals surface area contributed by atoms with Crippen LogP contribution in [0.4, 0.5) is 18.9 Å². The molecule has 0 spiro atoms. The summed E-state index contributed by atoms with van der Waals surface area (Å²) >= 11 is 0. The van der Waals surface area contributed by atoms with Gasteiger partial charge in [-0.1, -0.05) is 55.5 Å². The average molecular weight is 609 g/mol. The maximum atomic E-state index is 14.0. The Bertz CT molecular complexity index is 1500. The van der Waals surface area contributed by atoms with Gasteiger partial charge in [-0.05, 0) is 87.3 Å². The van der Waals surface area contributed by atoms with Crippen molar-refractivity contribution in [3.8, 4) is 0 Å². The van der Waals surface area contributed by atoms with E-state index in [2.05, 4.69) is 5.32 Å². The molecule has 2 aromatic rings. The van der Waals surface area contributed by atoms with Gasteiger partial charge in [0.05, 0.1) is 17.3 Å².